The first kappa shape index (κ1) is 11.3. The summed E-state index contributed by atoms with van der Waals surface area (Å²) in [6.45, 7) is 4.38. The third-order valence-corrected chi connectivity index (χ3v) is 2.20. The van der Waals surface area contributed by atoms with Crippen LogP contribution in [0.2, 0.25) is 5.02 Å². The van der Waals surface area contributed by atoms with Crippen LogP contribution in [0.25, 0.3) is 0 Å². The standard InChI is InChI=1S/C11H14ClO2/c1-3-10(13)8-5-6-11(14-4-2)9(12)7-8/h5-7,13H,3-4H2,1-2H3. The molecule has 0 heterocycles. The lowest BCUT2D eigenvalue weighted by atomic mass is 10.1. The highest BCUT2D eigenvalue weighted by Crippen LogP contribution is 2.28. The predicted molar refractivity (Wildman–Crippen MR) is 57.2 cm³/mol. The van der Waals surface area contributed by atoms with Gasteiger partial charge in [0.25, 0.3) is 0 Å². The van der Waals surface area contributed by atoms with Crippen molar-refractivity contribution >= 4 is 11.6 Å². The molecule has 0 spiro atoms. The molecule has 3 heteroatoms. The molecule has 2 nitrogen and oxygen atoms in total. The first-order chi connectivity index (χ1) is 6.69. The Balaban J connectivity index is 2.88. The molecule has 0 fully saturated rings. The Morgan fingerprint density at radius 1 is 1.43 bits per heavy atom. The SMILES string of the molecule is CCOc1ccc([C](O)CC)cc1Cl. The van der Waals surface area contributed by atoms with Crippen molar-refractivity contribution in [2.45, 2.75) is 20.3 Å². The second-order valence-corrected chi connectivity index (χ2v) is 3.29. The van der Waals surface area contributed by atoms with Crippen LogP contribution in [0.4, 0.5) is 0 Å². The van der Waals surface area contributed by atoms with E-state index in [1.807, 2.05) is 13.8 Å². The normalized spacial score (nSPS) is 10.6. The summed E-state index contributed by atoms with van der Waals surface area (Å²) in [5.41, 5.74) is 0.751. The zero-order valence-electron chi connectivity index (χ0n) is 8.38. The van der Waals surface area contributed by atoms with Crippen LogP contribution >= 0.6 is 11.6 Å². The fourth-order valence-electron chi connectivity index (χ4n) is 1.16. The Bertz CT molecular complexity index is 299. The molecular formula is C11H14ClO2. The number of benzene rings is 1. The molecule has 14 heavy (non-hydrogen) atoms. The van der Waals surface area contributed by atoms with E-state index in [4.69, 9.17) is 16.3 Å². The van der Waals surface area contributed by atoms with Crippen LogP contribution in [0.5, 0.6) is 5.75 Å². The minimum atomic E-state index is 0.343. The van der Waals surface area contributed by atoms with Gasteiger partial charge in [0.05, 0.1) is 11.6 Å². The van der Waals surface area contributed by atoms with Crippen LogP contribution in [0.15, 0.2) is 18.2 Å². The molecule has 1 rings (SSSR count). The first-order valence-electron chi connectivity index (χ1n) is 4.66. The van der Waals surface area contributed by atoms with Gasteiger partial charge in [-0.05, 0) is 31.0 Å². The Kier molecular flexibility index (Phi) is 4.23. The summed E-state index contributed by atoms with van der Waals surface area (Å²) in [6.07, 6.45) is 0.944. The van der Waals surface area contributed by atoms with Gasteiger partial charge in [-0.2, -0.15) is 0 Å². The summed E-state index contributed by atoms with van der Waals surface area (Å²) < 4.78 is 5.28. The summed E-state index contributed by atoms with van der Waals surface area (Å²) in [6, 6.07) is 5.29. The van der Waals surface area contributed by atoms with Crippen molar-refractivity contribution in [2.24, 2.45) is 0 Å². The molecule has 0 amide bonds. The lowest BCUT2D eigenvalue weighted by Crippen LogP contribution is -1.98. The highest BCUT2D eigenvalue weighted by Gasteiger charge is 2.09. The number of hydrogen-bond donors (Lipinski definition) is 1. The molecule has 77 valence electrons. The summed E-state index contributed by atoms with van der Waals surface area (Å²) in [7, 11) is 0. The third-order valence-electron chi connectivity index (χ3n) is 1.90. The number of halogens is 1. The van der Waals surface area contributed by atoms with Gasteiger partial charge in [-0.15, -0.1) is 0 Å². The lowest BCUT2D eigenvalue weighted by molar-refractivity contribution is 0.317. The number of aliphatic hydroxyl groups is 1. The predicted octanol–water partition coefficient (Wildman–Crippen LogP) is 3.40. The van der Waals surface area contributed by atoms with E-state index in [-0.39, 0.29) is 0 Å². The zero-order chi connectivity index (χ0) is 10.6. The summed E-state index contributed by atoms with van der Waals surface area (Å²) in [4.78, 5) is 0. The van der Waals surface area contributed by atoms with E-state index in [1.54, 1.807) is 18.2 Å². The van der Waals surface area contributed by atoms with Crippen LogP contribution in [-0.2, 0) is 0 Å². The smallest absolute Gasteiger partial charge is 0.137 e. The second kappa shape index (κ2) is 5.23. The molecule has 0 unspecified atom stereocenters. The van der Waals surface area contributed by atoms with Crippen LogP contribution in [-0.4, -0.2) is 11.7 Å². The van der Waals surface area contributed by atoms with E-state index in [1.165, 1.54) is 0 Å². The largest absolute Gasteiger partial charge is 0.492 e. The molecule has 0 bridgehead atoms. The Labute approximate surface area is 89.5 Å². The second-order valence-electron chi connectivity index (χ2n) is 2.88. The fraction of sp³-hybridized carbons (Fsp3) is 0.364. The molecule has 1 radical (unpaired) electrons. The molecule has 1 aromatic rings. The van der Waals surface area contributed by atoms with E-state index < -0.39 is 0 Å². The van der Waals surface area contributed by atoms with Gasteiger partial charge in [-0.1, -0.05) is 24.6 Å². The van der Waals surface area contributed by atoms with Gasteiger partial charge < -0.3 is 9.84 Å². The summed E-state index contributed by atoms with van der Waals surface area (Å²) in [5, 5.41) is 10.0. The van der Waals surface area contributed by atoms with E-state index in [9.17, 15) is 5.11 Å². The highest BCUT2D eigenvalue weighted by molar-refractivity contribution is 6.32. The Hall–Kier alpha value is -0.730. The molecule has 1 N–H and O–H groups in total. The minimum Gasteiger partial charge on any atom is -0.492 e. The Morgan fingerprint density at radius 2 is 2.14 bits per heavy atom. The number of ether oxygens (including phenoxy) is 1. The van der Waals surface area contributed by atoms with E-state index in [0.717, 1.165) is 5.56 Å². The minimum absolute atomic E-state index is 0.343. The molecular weight excluding hydrogens is 200 g/mol. The average Bonchev–Trinajstić information content (AvgIpc) is 2.20. The summed E-state index contributed by atoms with van der Waals surface area (Å²) in [5.74, 6) is 0.654. The van der Waals surface area contributed by atoms with Crippen molar-refractivity contribution in [2.75, 3.05) is 6.61 Å². The van der Waals surface area contributed by atoms with Crippen LogP contribution in [0, 0.1) is 6.10 Å². The molecule has 0 aromatic heterocycles. The van der Waals surface area contributed by atoms with Crippen molar-refractivity contribution in [1.82, 2.24) is 0 Å². The molecule has 0 atom stereocenters. The van der Waals surface area contributed by atoms with E-state index in [0.29, 0.717) is 29.9 Å². The quantitative estimate of drug-likeness (QED) is 0.831. The van der Waals surface area contributed by atoms with Gasteiger partial charge in [-0.3, -0.25) is 0 Å². The molecule has 0 saturated heterocycles. The van der Waals surface area contributed by atoms with Crippen LogP contribution < -0.4 is 4.74 Å². The van der Waals surface area contributed by atoms with Gasteiger partial charge in [0.1, 0.15) is 11.9 Å². The van der Waals surface area contributed by atoms with E-state index >= 15 is 0 Å². The van der Waals surface area contributed by atoms with E-state index in [2.05, 4.69) is 0 Å². The molecule has 0 aliphatic heterocycles. The van der Waals surface area contributed by atoms with Gasteiger partial charge in [0.2, 0.25) is 0 Å². The molecule has 1 aromatic carbocycles. The van der Waals surface area contributed by atoms with Crippen molar-refractivity contribution in [3.63, 3.8) is 0 Å². The lowest BCUT2D eigenvalue weighted by Gasteiger charge is -2.10. The van der Waals surface area contributed by atoms with Gasteiger partial charge >= 0.3 is 0 Å². The van der Waals surface area contributed by atoms with Crippen LogP contribution in [0.1, 0.15) is 25.8 Å². The maximum absolute atomic E-state index is 9.49. The van der Waals surface area contributed by atoms with Gasteiger partial charge in [0.15, 0.2) is 0 Å². The molecule has 0 saturated carbocycles. The maximum atomic E-state index is 9.49. The van der Waals surface area contributed by atoms with Crippen molar-refractivity contribution < 1.29 is 9.84 Å². The van der Waals surface area contributed by atoms with Crippen molar-refractivity contribution in [3.8, 4) is 5.75 Å². The monoisotopic (exact) mass is 213 g/mol. The van der Waals surface area contributed by atoms with Gasteiger partial charge in [0, 0.05) is 0 Å². The number of aliphatic hydroxyl groups excluding tert-OH is 1. The first-order valence-corrected chi connectivity index (χ1v) is 5.04. The Morgan fingerprint density at radius 3 is 2.64 bits per heavy atom. The molecule has 0 aliphatic rings. The average molecular weight is 214 g/mol. The number of rotatable bonds is 4. The van der Waals surface area contributed by atoms with Gasteiger partial charge in [-0.25, -0.2) is 0 Å². The molecule has 0 aliphatic carbocycles. The zero-order valence-corrected chi connectivity index (χ0v) is 9.14. The summed E-state index contributed by atoms with van der Waals surface area (Å²) >= 11 is 5.96. The van der Waals surface area contributed by atoms with Crippen LogP contribution in [0.3, 0.4) is 0 Å². The maximum Gasteiger partial charge on any atom is 0.137 e. The third kappa shape index (κ3) is 2.63. The topological polar surface area (TPSA) is 29.5 Å². The number of hydrogen-bond acceptors (Lipinski definition) is 2. The fourth-order valence-corrected chi connectivity index (χ4v) is 1.39. The van der Waals surface area contributed by atoms with Crippen molar-refractivity contribution in [1.29, 1.82) is 0 Å². The van der Waals surface area contributed by atoms with Crippen molar-refractivity contribution in [3.05, 3.63) is 34.9 Å². The highest BCUT2D eigenvalue weighted by atomic mass is 35.5.